The quantitative estimate of drug-likeness (QED) is 0.749. The monoisotopic (exact) mass is 277 g/mol. The molecular formula is C15H23N3O2. The summed E-state index contributed by atoms with van der Waals surface area (Å²) in [4.78, 5) is 24.4. The minimum atomic E-state index is -0.0613. The lowest BCUT2D eigenvalue weighted by Crippen LogP contribution is -2.28. The zero-order valence-corrected chi connectivity index (χ0v) is 12.4. The average Bonchev–Trinajstić information content (AvgIpc) is 2.43. The van der Waals surface area contributed by atoms with Crippen LogP contribution in [0.3, 0.4) is 0 Å². The molecule has 110 valence electrons. The van der Waals surface area contributed by atoms with E-state index in [2.05, 4.69) is 17.6 Å². The van der Waals surface area contributed by atoms with Crippen molar-refractivity contribution < 1.29 is 9.59 Å². The van der Waals surface area contributed by atoms with Crippen molar-refractivity contribution in [1.29, 1.82) is 0 Å². The predicted octanol–water partition coefficient (Wildman–Crippen LogP) is 2.00. The van der Waals surface area contributed by atoms with Gasteiger partial charge in [0.25, 0.3) is 0 Å². The lowest BCUT2D eigenvalue weighted by atomic mass is 10.2. The van der Waals surface area contributed by atoms with E-state index in [1.54, 1.807) is 24.1 Å². The predicted molar refractivity (Wildman–Crippen MR) is 81.9 cm³/mol. The highest BCUT2D eigenvalue weighted by molar-refractivity contribution is 5.93. The second-order valence-corrected chi connectivity index (χ2v) is 4.70. The van der Waals surface area contributed by atoms with Gasteiger partial charge < -0.3 is 15.5 Å². The molecule has 0 aromatic heterocycles. The number of carbonyl (C=O) groups is 2. The van der Waals surface area contributed by atoms with Crippen LogP contribution >= 0.6 is 0 Å². The largest absolute Gasteiger partial charge is 0.325 e. The van der Waals surface area contributed by atoms with Crippen molar-refractivity contribution in [2.75, 3.05) is 30.4 Å². The van der Waals surface area contributed by atoms with Gasteiger partial charge in [-0.05, 0) is 37.2 Å². The first-order chi connectivity index (χ1) is 9.54. The van der Waals surface area contributed by atoms with Gasteiger partial charge in [-0.25, -0.2) is 0 Å². The standard InChI is InChI=1S/C15H23N3O2/c1-4-5-10-16-11-15(20)17-13-6-8-14(9-7-13)18(3)12(2)19/h6-9,16H,4-5,10-11H2,1-3H3,(H,17,20). The number of carbonyl (C=O) groups excluding carboxylic acids is 2. The molecule has 20 heavy (non-hydrogen) atoms. The van der Waals surface area contributed by atoms with Crippen LogP contribution in [0.5, 0.6) is 0 Å². The van der Waals surface area contributed by atoms with Gasteiger partial charge in [-0.2, -0.15) is 0 Å². The third kappa shape index (κ3) is 5.40. The summed E-state index contributed by atoms with van der Waals surface area (Å²) in [5, 5.41) is 5.90. The molecule has 0 bridgehead atoms. The highest BCUT2D eigenvalue weighted by atomic mass is 16.2. The van der Waals surface area contributed by atoms with Crippen LogP contribution in [0.15, 0.2) is 24.3 Å². The lowest BCUT2D eigenvalue weighted by Gasteiger charge is -2.15. The van der Waals surface area contributed by atoms with E-state index in [0.717, 1.165) is 30.8 Å². The Labute approximate surface area is 120 Å². The first-order valence-corrected chi connectivity index (χ1v) is 6.89. The third-order valence-corrected chi connectivity index (χ3v) is 3.00. The molecule has 5 nitrogen and oxygen atoms in total. The van der Waals surface area contributed by atoms with Gasteiger partial charge in [0.1, 0.15) is 0 Å². The number of unbranched alkanes of at least 4 members (excludes halogenated alkanes) is 1. The third-order valence-electron chi connectivity index (χ3n) is 3.00. The molecule has 0 heterocycles. The van der Waals surface area contributed by atoms with Crippen molar-refractivity contribution in [3.8, 4) is 0 Å². The molecule has 0 saturated heterocycles. The second kappa shape index (κ2) is 8.32. The van der Waals surface area contributed by atoms with Crippen LogP contribution in [0.2, 0.25) is 0 Å². The van der Waals surface area contributed by atoms with E-state index < -0.39 is 0 Å². The van der Waals surface area contributed by atoms with Crippen LogP contribution in [-0.2, 0) is 9.59 Å². The van der Waals surface area contributed by atoms with Crippen molar-refractivity contribution in [2.45, 2.75) is 26.7 Å². The van der Waals surface area contributed by atoms with Gasteiger partial charge in [0.2, 0.25) is 11.8 Å². The Balaban J connectivity index is 2.45. The molecule has 0 aliphatic rings. The van der Waals surface area contributed by atoms with Crippen LogP contribution in [0.1, 0.15) is 26.7 Å². The first-order valence-electron chi connectivity index (χ1n) is 6.89. The van der Waals surface area contributed by atoms with Gasteiger partial charge in [0.15, 0.2) is 0 Å². The van der Waals surface area contributed by atoms with Gasteiger partial charge in [0.05, 0.1) is 6.54 Å². The van der Waals surface area contributed by atoms with E-state index in [1.165, 1.54) is 6.92 Å². The van der Waals surface area contributed by atoms with Gasteiger partial charge in [0, 0.05) is 25.3 Å². The Kier molecular flexibility index (Phi) is 6.73. The Bertz CT molecular complexity index is 443. The summed E-state index contributed by atoms with van der Waals surface area (Å²) in [7, 11) is 1.72. The summed E-state index contributed by atoms with van der Waals surface area (Å²) >= 11 is 0. The van der Waals surface area contributed by atoms with E-state index >= 15 is 0 Å². The molecule has 0 fully saturated rings. The summed E-state index contributed by atoms with van der Waals surface area (Å²) in [5.74, 6) is -0.0873. The topological polar surface area (TPSA) is 61.4 Å². The molecule has 2 amide bonds. The summed E-state index contributed by atoms with van der Waals surface area (Å²) in [6.45, 7) is 4.79. The molecule has 0 atom stereocenters. The van der Waals surface area contributed by atoms with Crippen molar-refractivity contribution in [3.63, 3.8) is 0 Å². The first kappa shape index (κ1) is 16.2. The molecule has 0 unspecified atom stereocenters. The molecular weight excluding hydrogens is 254 g/mol. The molecule has 0 saturated carbocycles. The normalized spacial score (nSPS) is 10.2. The number of anilines is 2. The van der Waals surface area contributed by atoms with Gasteiger partial charge >= 0.3 is 0 Å². The highest BCUT2D eigenvalue weighted by Crippen LogP contribution is 2.16. The second-order valence-electron chi connectivity index (χ2n) is 4.70. The number of amides is 2. The Morgan fingerprint density at radius 1 is 1.20 bits per heavy atom. The molecule has 0 aliphatic heterocycles. The van der Waals surface area contributed by atoms with Crippen molar-refractivity contribution in [2.24, 2.45) is 0 Å². The van der Waals surface area contributed by atoms with Gasteiger partial charge in [-0.1, -0.05) is 13.3 Å². The zero-order valence-electron chi connectivity index (χ0n) is 12.4. The minimum Gasteiger partial charge on any atom is -0.325 e. The zero-order chi connectivity index (χ0) is 15.0. The fraction of sp³-hybridized carbons (Fsp3) is 0.467. The number of rotatable bonds is 7. The Morgan fingerprint density at radius 2 is 1.85 bits per heavy atom. The van der Waals surface area contributed by atoms with Crippen LogP contribution in [-0.4, -0.2) is 32.0 Å². The number of hydrogen-bond acceptors (Lipinski definition) is 3. The summed E-state index contributed by atoms with van der Waals surface area (Å²) < 4.78 is 0. The van der Waals surface area contributed by atoms with Crippen LogP contribution in [0.25, 0.3) is 0 Å². The molecule has 1 rings (SSSR count). The number of nitrogens with one attached hydrogen (secondary N) is 2. The molecule has 0 radical (unpaired) electrons. The minimum absolute atomic E-state index is 0.0260. The van der Waals surface area contributed by atoms with E-state index in [9.17, 15) is 9.59 Å². The molecule has 2 N–H and O–H groups in total. The SMILES string of the molecule is CCCCNCC(=O)Nc1ccc(N(C)C(C)=O)cc1. The highest BCUT2D eigenvalue weighted by Gasteiger charge is 2.06. The van der Waals surface area contributed by atoms with E-state index in [1.807, 2.05) is 12.1 Å². The molecule has 1 aromatic rings. The average molecular weight is 277 g/mol. The maximum atomic E-state index is 11.7. The number of benzene rings is 1. The Hall–Kier alpha value is -1.88. The van der Waals surface area contributed by atoms with E-state index in [0.29, 0.717) is 6.54 Å². The summed E-state index contributed by atoms with van der Waals surface area (Å²) in [5.41, 5.74) is 1.53. The fourth-order valence-electron chi connectivity index (χ4n) is 1.66. The number of hydrogen-bond donors (Lipinski definition) is 2. The van der Waals surface area contributed by atoms with Crippen LogP contribution < -0.4 is 15.5 Å². The summed E-state index contributed by atoms with van der Waals surface area (Å²) in [6, 6.07) is 7.19. The fourth-order valence-corrected chi connectivity index (χ4v) is 1.66. The molecule has 0 spiro atoms. The van der Waals surface area contributed by atoms with Crippen molar-refractivity contribution in [1.82, 2.24) is 5.32 Å². The van der Waals surface area contributed by atoms with Gasteiger partial charge in [-0.15, -0.1) is 0 Å². The smallest absolute Gasteiger partial charge is 0.238 e. The maximum Gasteiger partial charge on any atom is 0.238 e. The van der Waals surface area contributed by atoms with Crippen LogP contribution in [0.4, 0.5) is 11.4 Å². The van der Waals surface area contributed by atoms with Crippen LogP contribution in [0, 0.1) is 0 Å². The number of nitrogens with zero attached hydrogens (tertiary/aromatic N) is 1. The maximum absolute atomic E-state index is 11.7. The van der Waals surface area contributed by atoms with Crippen molar-refractivity contribution >= 4 is 23.2 Å². The molecule has 0 aliphatic carbocycles. The molecule has 5 heteroatoms. The van der Waals surface area contributed by atoms with E-state index in [-0.39, 0.29) is 11.8 Å². The van der Waals surface area contributed by atoms with Gasteiger partial charge in [-0.3, -0.25) is 9.59 Å². The lowest BCUT2D eigenvalue weighted by molar-refractivity contribution is -0.116. The van der Waals surface area contributed by atoms with Crippen molar-refractivity contribution in [3.05, 3.63) is 24.3 Å². The Morgan fingerprint density at radius 3 is 2.40 bits per heavy atom. The van der Waals surface area contributed by atoms with E-state index in [4.69, 9.17) is 0 Å². The summed E-state index contributed by atoms with van der Waals surface area (Å²) in [6.07, 6.45) is 2.18. The molecule has 1 aromatic carbocycles.